The van der Waals surface area contributed by atoms with E-state index in [0.29, 0.717) is 19.4 Å². The molecule has 0 bridgehead atoms. The fraction of sp³-hybridized carbons (Fsp3) is 0.219. The Hall–Kier alpha value is -4.17. The van der Waals surface area contributed by atoms with Crippen LogP contribution >= 0.6 is 0 Å². The minimum atomic E-state index is -2.01. The van der Waals surface area contributed by atoms with Crippen molar-refractivity contribution in [1.29, 1.82) is 0 Å². The SMILES string of the molecule is O=C(NCCCCCCNC(c1ccccc1)(c1ccccc1)c1ccccc1)c1c(F)c(F)c(O)c(F)c1F. The van der Waals surface area contributed by atoms with E-state index in [1.165, 1.54) is 0 Å². The Morgan fingerprint density at radius 3 is 1.43 bits per heavy atom. The topological polar surface area (TPSA) is 61.4 Å². The normalized spacial score (nSPS) is 11.4. The van der Waals surface area contributed by atoms with Gasteiger partial charge in [-0.05, 0) is 36.1 Å². The van der Waals surface area contributed by atoms with Crippen molar-refractivity contribution in [2.75, 3.05) is 13.1 Å². The van der Waals surface area contributed by atoms with E-state index >= 15 is 0 Å². The quantitative estimate of drug-likeness (QED) is 0.0785. The number of phenolic OH excluding ortho intramolecular Hbond substituents is 1. The second kappa shape index (κ2) is 13.3. The fourth-order valence-corrected chi connectivity index (χ4v) is 4.86. The lowest BCUT2D eigenvalue weighted by atomic mass is 9.77. The molecule has 0 unspecified atom stereocenters. The number of carbonyl (C=O) groups excluding carboxylic acids is 1. The summed E-state index contributed by atoms with van der Waals surface area (Å²) in [5.41, 5.74) is 1.36. The molecule has 0 spiro atoms. The minimum absolute atomic E-state index is 0.0667. The first-order valence-corrected chi connectivity index (χ1v) is 13.1. The molecule has 0 aromatic heterocycles. The molecule has 0 aliphatic rings. The molecule has 0 fully saturated rings. The van der Waals surface area contributed by atoms with Crippen molar-refractivity contribution < 1.29 is 27.5 Å². The number of phenols is 1. The van der Waals surface area contributed by atoms with Crippen molar-refractivity contribution in [3.05, 3.63) is 137 Å². The van der Waals surface area contributed by atoms with Gasteiger partial charge in [-0.1, -0.05) is 104 Å². The zero-order valence-electron chi connectivity index (χ0n) is 21.8. The van der Waals surface area contributed by atoms with Gasteiger partial charge in [-0.3, -0.25) is 10.1 Å². The predicted molar refractivity (Wildman–Crippen MR) is 146 cm³/mol. The number of halogens is 4. The summed E-state index contributed by atoms with van der Waals surface area (Å²) in [6, 6.07) is 30.7. The molecule has 0 saturated carbocycles. The molecule has 0 atom stereocenters. The smallest absolute Gasteiger partial charge is 0.257 e. The van der Waals surface area contributed by atoms with Crippen molar-refractivity contribution in [2.24, 2.45) is 0 Å². The van der Waals surface area contributed by atoms with Crippen molar-refractivity contribution in [2.45, 2.75) is 31.2 Å². The Labute approximate surface area is 230 Å². The second-order valence-electron chi connectivity index (χ2n) is 9.42. The highest BCUT2D eigenvalue weighted by Crippen LogP contribution is 2.36. The van der Waals surface area contributed by atoms with Gasteiger partial charge in [0.1, 0.15) is 5.56 Å². The lowest BCUT2D eigenvalue weighted by molar-refractivity contribution is 0.0941. The van der Waals surface area contributed by atoms with Crippen LogP contribution in [0.25, 0.3) is 0 Å². The molecule has 4 aromatic carbocycles. The maximum Gasteiger partial charge on any atom is 0.257 e. The van der Waals surface area contributed by atoms with Crippen LogP contribution in [0, 0.1) is 23.3 Å². The Morgan fingerprint density at radius 1 is 0.600 bits per heavy atom. The predicted octanol–water partition coefficient (Wildman–Crippen LogP) is 6.82. The van der Waals surface area contributed by atoms with Crippen LogP contribution in [-0.2, 0) is 5.54 Å². The molecule has 1 amide bonds. The minimum Gasteiger partial charge on any atom is -0.503 e. The number of benzene rings is 4. The van der Waals surface area contributed by atoms with E-state index in [9.17, 15) is 22.4 Å². The number of unbranched alkanes of at least 4 members (excludes halogenated alkanes) is 3. The number of nitrogens with one attached hydrogen (secondary N) is 2. The number of hydrogen-bond acceptors (Lipinski definition) is 3. The first-order chi connectivity index (χ1) is 19.4. The molecular weight excluding hydrogens is 520 g/mol. The van der Waals surface area contributed by atoms with Crippen molar-refractivity contribution >= 4 is 5.91 Å². The van der Waals surface area contributed by atoms with Crippen LogP contribution in [0.5, 0.6) is 5.75 Å². The Bertz CT molecular complexity index is 1290. The third kappa shape index (κ3) is 6.02. The molecule has 40 heavy (non-hydrogen) atoms. The van der Waals surface area contributed by atoms with Crippen LogP contribution in [0.3, 0.4) is 0 Å². The standard InChI is InChI=1S/C32H30F4N2O2/c33-26-25(27(34)29(36)30(39)28(26)35)31(40)37-20-12-1-2-13-21-38-32(22-14-6-3-7-15-22,23-16-8-4-9-17-23)24-18-10-5-11-19-24/h3-11,14-19,38-39H,1-2,12-13,20-21H2,(H,37,40). The van der Waals surface area contributed by atoms with E-state index in [-0.39, 0.29) is 6.54 Å². The summed E-state index contributed by atoms with van der Waals surface area (Å²) in [5.74, 6) is -11.0. The highest BCUT2D eigenvalue weighted by atomic mass is 19.2. The highest BCUT2D eigenvalue weighted by molar-refractivity contribution is 5.95. The first-order valence-electron chi connectivity index (χ1n) is 13.1. The summed E-state index contributed by atoms with van der Waals surface area (Å²) in [7, 11) is 0. The van der Waals surface area contributed by atoms with Crippen molar-refractivity contribution in [1.82, 2.24) is 10.6 Å². The zero-order chi connectivity index (χ0) is 28.5. The molecule has 4 rings (SSSR count). The lowest BCUT2D eigenvalue weighted by Gasteiger charge is -2.37. The summed E-state index contributed by atoms with van der Waals surface area (Å²) in [5, 5.41) is 15.1. The lowest BCUT2D eigenvalue weighted by Crippen LogP contribution is -2.45. The molecule has 0 heterocycles. The van der Waals surface area contributed by atoms with Crippen LogP contribution in [0.15, 0.2) is 91.0 Å². The van der Waals surface area contributed by atoms with E-state index in [0.717, 1.165) is 29.5 Å². The number of rotatable bonds is 12. The summed E-state index contributed by atoms with van der Waals surface area (Å²) >= 11 is 0. The van der Waals surface area contributed by atoms with Crippen molar-refractivity contribution in [3.8, 4) is 5.75 Å². The molecule has 208 valence electrons. The number of carbonyl (C=O) groups is 1. The van der Waals surface area contributed by atoms with Gasteiger partial charge in [-0.2, -0.15) is 8.78 Å². The van der Waals surface area contributed by atoms with Crippen LogP contribution in [0.1, 0.15) is 52.7 Å². The zero-order valence-corrected chi connectivity index (χ0v) is 21.8. The third-order valence-corrected chi connectivity index (χ3v) is 6.87. The van der Waals surface area contributed by atoms with Crippen LogP contribution in [0.4, 0.5) is 17.6 Å². The summed E-state index contributed by atoms with van der Waals surface area (Å²) in [6.07, 6.45) is 2.84. The Kier molecular flexibility index (Phi) is 9.56. The Morgan fingerprint density at radius 2 is 1.00 bits per heavy atom. The average Bonchev–Trinajstić information content (AvgIpc) is 3.00. The van der Waals surface area contributed by atoms with Gasteiger partial charge in [0.2, 0.25) is 11.6 Å². The van der Waals surface area contributed by atoms with Gasteiger partial charge in [0.25, 0.3) is 5.91 Å². The number of aromatic hydroxyl groups is 1. The van der Waals surface area contributed by atoms with Crippen LogP contribution in [-0.4, -0.2) is 24.1 Å². The van der Waals surface area contributed by atoms with Gasteiger partial charge in [0.15, 0.2) is 17.4 Å². The molecule has 0 aliphatic heterocycles. The Balaban J connectivity index is 1.36. The van der Waals surface area contributed by atoms with E-state index in [4.69, 9.17) is 5.11 Å². The van der Waals surface area contributed by atoms with Crippen molar-refractivity contribution in [3.63, 3.8) is 0 Å². The molecule has 3 N–H and O–H groups in total. The molecule has 0 saturated heterocycles. The van der Waals surface area contributed by atoms with Crippen LogP contribution in [0.2, 0.25) is 0 Å². The molecule has 0 radical (unpaired) electrons. The summed E-state index contributed by atoms with van der Waals surface area (Å²) in [6.45, 7) is 0.755. The van der Waals surface area contributed by atoms with Gasteiger partial charge < -0.3 is 10.4 Å². The highest BCUT2D eigenvalue weighted by Gasteiger charge is 2.35. The maximum atomic E-state index is 13.9. The average molecular weight is 551 g/mol. The number of amides is 1. The van der Waals surface area contributed by atoms with Gasteiger partial charge in [-0.15, -0.1) is 0 Å². The van der Waals surface area contributed by atoms with E-state index < -0.39 is 46.0 Å². The molecule has 8 heteroatoms. The molecule has 0 aliphatic carbocycles. The van der Waals surface area contributed by atoms with E-state index in [2.05, 4.69) is 47.0 Å². The van der Waals surface area contributed by atoms with Gasteiger partial charge >= 0.3 is 0 Å². The van der Waals surface area contributed by atoms with Gasteiger partial charge in [-0.25, -0.2) is 8.78 Å². The second-order valence-corrected chi connectivity index (χ2v) is 9.42. The third-order valence-electron chi connectivity index (χ3n) is 6.87. The molecule has 4 aromatic rings. The van der Waals surface area contributed by atoms with Gasteiger partial charge in [0.05, 0.1) is 5.54 Å². The summed E-state index contributed by atoms with van der Waals surface area (Å²) < 4.78 is 54.9. The number of hydrogen-bond donors (Lipinski definition) is 3. The van der Waals surface area contributed by atoms with E-state index in [1.807, 2.05) is 54.6 Å². The monoisotopic (exact) mass is 550 g/mol. The van der Waals surface area contributed by atoms with E-state index in [1.54, 1.807) is 0 Å². The fourth-order valence-electron chi connectivity index (χ4n) is 4.86. The summed E-state index contributed by atoms with van der Waals surface area (Å²) in [4.78, 5) is 12.1. The molecule has 4 nitrogen and oxygen atoms in total. The van der Waals surface area contributed by atoms with Gasteiger partial charge in [0, 0.05) is 6.54 Å². The largest absolute Gasteiger partial charge is 0.503 e. The maximum absolute atomic E-state index is 13.9. The van der Waals surface area contributed by atoms with Crippen LogP contribution < -0.4 is 10.6 Å². The molecular formula is C32H30F4N2O2. The first kappa shape index (κ1) is 28.8.